The highest BCUT2D eigenvalue weighted by Gasteiger charge is 2.71. The Bertz CT molecular complexity index is 827. The molecule has 0 aliphatic heterocycles. The van der Waals surface area contributed by atoms with Gasteiger partial charge in [-0.3, -0.25) is 9.59 Å². The minimum Gasteiger partial charge on any atom is -0.467 e. The first-order valence-electron chi connectivity index (χ1n) is 9.98. The molecular weight excluding hydrogens is 360 g/mol. The number of carbonyl (C=O) groups excluding carboxylic acids is 3. The number of hydrogen-bond acceptors (Lipinski definition) is 6. The van der Waals surface area contributed by atoms with E-state index in [1.54, 1.807) is 6.08 Å². The van der Waals surface area contributed by atoms with Gasteiger partial charge in [-0.15, -0.1) is 0 Å². The fourth-order valence-corrected chi connectivity index (χ4v) is 7.10. The number of carbonyl (C=O) groups is 3. The molecule has 28 heavy (non-hydrogen) atoms. The maximum Gasteiger partial charge on any atom is 0.338 e. The highest BCUT2D eigenvalue weighted by atomic mass is 16.5. The van der Waals surface area contributed by atoms with Crippen LogP contribution >= 0.6 is 0 Å². The summed E-state index contributed by atoms with van der Waals surface area (Å²) in [6, 6.07) is 0. The van der Waals surface area contributed by atoms with Crippen LogP contribution in [0.2, 0.25) is 0 Å². The third kappa shape index (κ3) is 2.13. The van der Waals surface area contributed by atoms with Crippen molar-refractivity contribution in [2.75, 3.05) is 7.11 Å². The summed E-state index contributed by atoms with van der Waals surface area (Å²) in [4.78, 5) is 37.4. The SMILES string of the molecule is COC(=O)[C@@]1(O)[C@@H](C)C[C@H]2[C@@H]3CC(=O)C4=CC(=O)C=C[C@]4(C)[C@H]3[C@@H](O)C[C@@]21C. The van der Waals surface area contributed by atoms with Gasteiger partial charge in [0.15, 0.2) is 17.2 Å². The van der Waals surface area contributed by atoms with Gasteiger partial charge >= 0.3 is 5.97 Å². The first-order chi connectivity index (χ1) is 13.0. The summed E-state index contributed by atoms with van der Waals surface area (Å²) in [7, 11) is 1.26. The zero-order chi connectivity index (χ0) is 20.6. The number of methoxy groups -OCH3 is 1. The van der Waals surface area contributed by atoms with E-state index < -0.39 is 28.5 Å². The van der Waals surface area contributed by atoms with Gasteiger partial charge in [0.05, 0.1) is 13.2 Å². The van der Waals surface area contributed by atoms with Gasteiger partial charge in [0, 0.05) is 28.7 Å². The zero-order valence-corrected chi connectivity index (χ0v) is 16.8. The van der Waals surface area contributed by atoms with E-state index in [-0.39, 0.29) is 48.1 Å². The average Bonchev–Trinajstić information content (AvgIpc) is 2.83. The van der Waals surface area contributed by atoms with Crippen LogP contribution in [-0.2, 0) is 19.1 Å². The van der Waals surface area contributed by atoms with Crippen LogP contribution in [0.25, 0.3) is 0 Å². The number of Topliss-reactive ketones (excluding diaryl/α,β-unsaturated/α-hetero) is 1. The van der Waals surface area contributed by atoms with Crippen molar-refractivity contribution in [3.63, 3.8) is 0 Å². The van der Waals surface area contributed by atoms with E-state index in [9.17, 15) is 24.6 Å². The standard InChI is InChI=1S/C22H28O6/c1-11-7-14-13-9-16(24)15-8-12(23)5-6-20(15,2)18(13)17(25)10-21(14,3)22(11,27)19(26)28-4/h5-6,8,11,13-14,17-18,25,27H,7,9-10H2,1-4H3/t11-,13-,14-,17-,18+,20-,21-,22-/m0/s1. The normalized spacial score (nSPS) is 49.8. The summed E-state index contributed by atoms with van der Waals surface area (Å²) in [6.07, 6.45) is 4.87. The van der Waals surface area contributed by atoms with Crippen LogP contribution in [-0.4, -0.2) is 46.6 Å². The van der Waals surface area contributed by atoms with Crippen molar-refractivity contribution in [3.05, 3.63) is 23.8 Å². The number of rotatable bonds is 1. The lowest BCUT2D eigenvalue weighted by Gasteiger charge is -2.58. The molecule has 0 spiro atoms. The molecule has 8 atom stereocenters. The van der Waals surface area contributed by atoms with E-state index in [1.807, 2.05) is 20.8 Å². The summed E-state index contributed by atoms with van der Waals surface area (Å²) in [5.74, 6) is -1.83. The van der Waals surface area contributed by atoms with Gasteiger partial charge < -0.3 is 14.9 Å². The Morgan fingerprint density at radius 1 is 1.29 bits per heavy atom. The van der Waals surface area contributed by atoms with Crippen molar-refractivity contribution in [3.8, 4) is 0 Å². The molecule has 0 amide bonds. The minimum atomic E-state index is -1.70. The molecule has 3 saturated carbocycles. The van der Waals surface area contributed by atoms with Gasteiger partial charge in [0.25, 0.3) is 0 Å². The minimum absolute atomic E-state index is 0.0842. The predicted octanol–water partition coefficient (Wildman–Crippen LogP) is 1.59. The Morgan fingerprint density at radius 3 is 2.61 bits per heavy atom. The topological polar surface area (TPSA) is 101 Å². The highest BCUT2D eigenvalue weighted by molar-refractivity contribution is 6.10. The van der Waals surface area contributed by atoms with Crippen LogP contribution in [0.5, 0.6) is 0 Å². The maximum atomic E-state index is 13.0. The van der Waals surface area contributed by atoms with Gasteiger partial charge in [0.1, 0.15) is 0 Å². The molecule has 6 nitrogen and oxygen atoms in total. The molecule has 4 rings (SSSR count). The zero-order valence-electron chi connectivity index (χ0n) is 16.8. The molecule has 0 aromatic heterocycles. The Hall–Kier alpha value is -1.79. The van der Waals surface area contributed by atoms with Gasteiger partial charge in [0.2, 0.25) is 0 Å². The molecule has 152 valence electrons. The van der Waals surface area contributed by atoms with E-state index in [4.69, 9.17) is 4.74 Å². The summed E-state index contributed by atoms with van der Waals surface area (Å²) >= 11 is 0. The maximum absolute atomic E-state index is 13.0. The molecule has 6 heteroatoms. The van der Waals surface area contributed by atoms with E-state index >= 15 is 0 Å². The number of aliphatic hydroxyl groups is 2. The summed E-state index contributed by atoms with van der Waals surface area (Å²) in [5, 5.41) is 22.7. The quantitative estimate of drug-likeness (QED) is 0.662. The molecule has 3 fully saturated rings. The number of ether oxygens (including phenoxy) is 1. The number of allylic oxidation sites excluding steroid dienone is 4. The third-order valence-electron chi connectivity index (χ3n) is 8.41. The van der Waals surface area contributed by atoms with Crippen molar-refractivity contribution in [1.82, 2.24) is 0 Å². The Labute approximate surface area is 164 Å². The summed E-state index contributed by atoms with van der Waals surface area (Å²) < 4.78 is 4.94. The molecule has 2 N–H and O–H groups in total. The van der Waals surface area contributed by atoms with Crippen LogP contribution in [0.3, 0.4) is 0 Å². The first kappa shape index (κ1) is 19.5. The number of hydrogen-bond donors (Lipinski definition) is 2. The Morgan fingerprint density at radius 2 is 1.96 bits per heavy atom. The van der Waals surface area contributed by atoms with Crippen molar-refractivity contribution in [1.29, 1.82) is 0 Å². The molecule has 0 saturated heterocycles. The van der Waals surface area contributed by atoms with E-state index in [2.05, 4.69) is 0 Å². The number of esters is 1. The van der Waals surface area contributed by atoms with E-state index in [0.717, 1.165) is 0 Å². The van der Waals surface area contributed by atoms with Gasteiger partial charge in [-0.25, -0.2) is 4.79 Å². The van der Waals surface area contributed by atoms with Crippen LogP contribution in [0.4, 0.5) is 0 Å². The van der Waals surface area contributed by atoms with E-state index in [0.29, 0.717) is 12.0 Å². The molecule has 0 unspecified atom stereocenters. The van der Waals surface area contributed by atoms with Crippen LogP contribution < -0.4 is 0 Å². The smallest absolute Gasteiger partial charge is 0.338 e. The number of aliphatic hydroxyl groups excluding tert-OH is 1. The molecule has 0 heterocycles. The summed E-state index contributed by atoms with van der Waals surface area (Å²) in [5.41, 5.74) is -2.83. The fourth-order valence-electron chi connectivity index (χ4n) is 7.10. The lowest BCUT2D eigenvalue weighted by Crippen LogP contribution is -2.63. The molecule has 4 aliphatic carbocycles. The Balaban J connectivity index is 1.82. The van der Waals surface area contributed by atoms with Crippen molar-refractivity contribution in [2.45, 2.75) is 51.7 Å². The molecule has 0 radical (unpaired) electrons. The second-order valence-corrected chi connectivity index (χ2v) is 9.58. The highest BCUT2D eigenvalue weighted by Crippen LogP contribution is 2.67. The molecule has 0 aromatic rings. The largest absolute Gasteiger partial charge is 0.467 e. The molecule has 0 bridgehead atoms. The lowest BCUT2D eigenvalue weighted by atomic mass is 9.46. The van der Waals surface area contributed by atoms with Crippen molar-refractivity contribution in [2.24, 2.45) is 34.5 Å². The molecule has 0 aromatic carbocycles. The first-order valence-corrected chi connectivity index (χ1v) is 9.98. The third-order valence-corrected chi connectivity index (χ3v) is 8.41. The van der Waals surface area contributed by atoms with Crippen LogP contribution in [0.1, 0.15) is 40.0 Å². The van der Waals surface area contributed by atoms with Crippen LogP contribution in [0.15, 0.2) is 23.8 Å². The molecule has 4 aliphatic rings. The average molecular weight is 388 g/mol. The predicted molar refractivity (Wildman–Crippen MR) is 99.9 cm³/mol. The number of ketones is 2. The van der Waals surface area contributed by atoms with Gasteiger partial charge in [-0.05, 0) is 42.7 Å². The second kappa shape index (κ2) is 5.86. The Kier molecular flexibility index (Phi) is 4.09. The lowest BCUT2D eigenvalue weighted by molar-refractivity contribution is -0.200. The summed E-state index contributed by atoms with van der Waals surface area (Å²) in [6.45, 7) is 5.59. The van der Waals surface area contributed by atoms with Crippen molar-refractivity contribution < 1.29 is 29.3 Å². The van der Waals surface area contributed by atoms with Gasteiger partial charge in [-0.1, -0.05) is 26.8 Å². The monoisotopic (exact) mass is 388 g/mol. The fraction of sp³-hybridized carbons (Fsp3) is 0.682. The molecular formula is C22H28O6. The van der Waals surface area contributed by atoms with Crippen LogP contribution in [0, 0.1) is 34.5 Å². The van der Waals surface area contributed by atoms with E-state index in [1.165, 1.54) is 19.3 Å². The van der Waals surface area contributed by atoms with Crippen molar-refractivity contribution >= 4 is 17.5 Å². The van der Waals surface area contributed by atoms with Gasteiger partial charge in [-0.2, -0.15) is 0 Å². The second-order valence-electron chi connectivity index (χ2n) is 9.58. The number of fused-ring (bicyclic) bond motifs is 5.